The highest BCUT2D eigenvalue weighted by Gasteiger charge is 2.14. The zero-order valence-electron chi connectivity index (χ0n) is 12.9. The van der Waals surface area contributed by atoms with Crippen LogP contribution in [0.1, 0.15) is 5.56 Å². The molecule has 0 aliphatic heterocycles. The normalized spacial score (nSPS) is 9.92. The summed E-state index contributed by atoms with van der Waals surface area (Å²) < 4.78 is 0.890. The molecule has 3 amide bonds. The summed E-state index contributed by atoms with van der Waals surface area (Å²) in [5.41, 5.74) is 2.16. The predicted octanol–water partition coefficient (Wildman–Crippen LogP) is 2.45. The summed E-state index contributed by atoms with van der Waals surface area (Å²) in [4.78, 5) is 35.2. The van der Waals surface area contributed by atoms with Gasteiger partial charge in [-0.1, -0.05) is 33.6 Å². The highest BCUT2D eigenvalue weighted by Crippen LogP contribution is 2.13. The second-order valence-corrected chi connectivity index (χ2v) is 5.97. The van der Waals surface area contributed by atoms with Gasteiger partial charge in [-0.15, -0.1) is 0 Å². The van der Waals surface area contributed by atoms with Crippen molar-refractivity contribution in [2.45, 2.75) is 6.92 Å². The Balaban J connectivity index is 1.79. The first-order valence-corrected chi connectivity index (χ1v) is 7.94. The van der Waals surface area contributed by atoms with Crippen molar-refractivity contribution in [2.24, 2.45) is 0 Å². The molecule has 0 heterocycles. The summed E-state index contributed by atoms with van der Waals surface area (Å²) in [7, 11) is 0. The minimum atomic E-state index is -0.874. The van der Waals surface area contributed by atoms with Crippen LogP contribution in [0.25, 0.3) is 0 Å². The summed E-state index contributed by atoms with van der Waals surface area (Å²) in [6.07, 6.45) is 0. The van der Waals surface area contributed by atoms with Crippen LogP contribution in [0.4, 0.5) is 11.4 Å². The molecular weight excluding hydrogens is 374 g/mol. The van der Waals surface area contributed by atoms with Crippen molar-refractivity contribution in [3.63, 3.8) is 0 Å². The average molecular weight is 390 g/mol. The van der Waals surface area contributed by atoms with E-state index in [2.05, 4.69) is 31.9 Å². The maximum absolute atomic E-state index is 11.8. The molecule has 0 fully saturated rings. The van der Waals surface area contributed by atoms with E-state index in [9.17, 15) is 14.4 Å². The van der Waals surface area contributed by atoms with Gasteiger partial charge in [-0.2, -0.15) is 0 Å². The van der Waals surface area contributed by atoms with E-state index < -0.39 is 17.7 Å². The van der Waals surface area contributed by atoms with E-state index in [-0.39, 0.29) is 6.54 Å². The van der Waals surface area contributed by atoms with Crippen LogP contribution < -0.4 is 16.0 Å². The first kappa shape index (κ1) is 17.7. The van der Waals surface area contributed by atoms with Gasteiger partial charge in [-0.25, -0.2) is 0 Å². The van der Waals surface area contributed by atoms with Gasteiger partial charge in [0.05, 0.1) is 6.54 Å². The van der Waals surface area contributed by atoms with Crippen LogP contribution in [-0.4, -0.2) is 24.3 Å². The van der Waals surface area contributed by atoms with Gasteiger partial charge in [-0.3, -0.25) is 14.4 Å². The Bertz CT molecular complexity index is 743. The molecule has 0 unspecified atom stereocenters. The molecule has 6 nitrogen and oxygen atoms in total. The minimum absolute atomic E-state index is 0.295. The zero-order chi connectivity index (χ0) is 17.5. The predicted molar refractivity (Wildman–Crippen MR) is 95.6 cm³/mol. The summed E-state index contributed by atoms with van der Waals surface area (Å²) in [5, 5.41) is 7.35. The second-order valence-electron chi connectivity index (χ2n) is 5.06. The Morgan fingerprint density at radius 1 is 0.833 bits per heavy atom. The van der Waals surface area contributed by atoms with Crippen molar-refractivity contribution < 1.29 is 14.4 Å². The van der Waals surface area contributed by atoms with Crippen molar-refractivity contribution in [2.75, 3.05) is 17.2 Å². The van der Waals surface area contributed by atoms with Crippen LogP contribution in [0, 0.1) is 6.92 Å². The molecule has 0 aliphatic carbocycles. The number of anilines is 2. The number of nitrogens with one attached hydrogen (secondary N) is 3. The van der Waals surface area contributed by atoms with Gasteiger partial charge in [0.15, 0.2) is 0 Å². The van der Waals surface area contributed by atoms with Gasteiger partial charge in [0.2, 0.25) is 5.91 Å². The fraction of sp³-hybridized carbons (Fsp3) is 0.118. The molecule has 2 aromatic carbocycles. The van der Waals surface area contributed by atoms with Crippen LogP contribution in [0.15, 0.2) is 53.0 Å². The molecule has 2 aromatic rings. The maximum Gasteiger partial charge on any atom is 0.313 e. The third-order valence-corrected chi connectivity index (χ3v) is 3.58. The Kier molecular flexibility index (Phi) is 6.08. The smallest absolute Gasteiger partial charge is 0.313 e. The molecule has 124 valence electrons. The molecule has 2 rings (SSSR count). The Morgan fingerprint density at radius 2 is 1.38 bits per heavy atom. The lowest BCUT2D eigenvalue weighted by atomic mass is 10.2. The molecule has 0 spiro atoms. The number of carbonyl (C=O) groups excluding carboxylic acids is 3. The first-order chi connectivity index (χ1) is 11.4. The Morgan fingerprint density at radius 3 is 2.00 bits per heavy atom. The van der Waals surface area contributed by atoms with Crippen LogP contribution in [0.5, 0.6) is 0 Å². The van der Waals surface area contributed by atoms with Gasteiger partial charge in [-0.05, 0) is 43.3 Å². The van der Waals surface area contributed by atoms with E-state index in [1.54, 1.807) is 36.4 Å². The molecule has 0 bridgehead atoms. The highest BCUT2D eigenvalue weighted by molar-refractivity contribution is 9.10. The number of hydrogen-bond donors (Lipinski definition) is 3. The van der Waals surface area contributed by atoms with Crippen LogP contribution >= 0.6 is 15.9 Å². The number of aryl methyl sites for hydroxylation is 1. The van der Waals surface area contributed by atoms with Gasteiger partial charge >= 0.3 is 11.8 Å². The Hall–Kier alpha value is -2.67. The maximum atomic E-state index is 11.8. The molecule has 0 atom stereocenters. The van der Waals surface area contributed by atoms with Crippen molar-refractivity contribution in [1.82, 2.24) is 5.32 Å². The topological polar surface area (TPSA) is 87.3 Å². The second kappa shape index (κ2) is 8.26. The third kappa shape index (κ3) is 5.51. The summed E-state index contributed by atoms with van der Waals surface area (Å²) in [5.74, 6) is -2.12. The lowest BCUT2D eigenvalue weighted by molar-refractivity contribution is -0.136. The molecule has 0 saturated heterocycles. The number of hydrogen-bond acceptors (Lipinski definition) is 3. The number of benzene rings is 2. The van der Waals surface area contributed by atoms with E-state index in [0.29, 0.717) is 11.4 Å². The SMILES string of the molecule is Cc1ccc(NC(=O)C(=O)NCC(=O)Nc2ccc(Br)cc2)cc1. The Labute approximate surface area is 147 Å². The van der Waals surface area contributed by atoms with E-state index in [4.69, 9.17) is 0 Å². The van der Waals surface area contributed by atoms with E-state index in [1.807, 2.05) is 19.1 Å². The van der Waals surface area contributed by atoms with Crippen molar-refractivity contribution in [3.05, 3.63) is 58.6 Å². The highest BCUT2D eigenvalue weighted by atomic mass is 79.9. The fourth-order valence-electron chi connectivity index (χ4n) is 1.80. The van der Waals surface area contributed by atoms with Gasteiger partial charge in [0.1, 0.15) is 0 Å². The lowest BCUT2D eigenvalue weighted by Gasteiger charge is -2.08. The monoisotopic (exact) mass is 389 g/mol. The quantitative estimate of drug-likeness (QED) is 0.701. The fourth-order valence-corrected chi connectivity index (χ4v) is 2.07. The zero-order valence-corrected chi connectivity index (χ0v) is 14.5. The largest absolute Gasteiger partial charge is 0.339 e. The van der Waals surface area contributed by atoms with E-state index in [1.165, 1.54) is 0 Å². The molecule has 24 heavy (non-hydrogen) atoms. The van der Waals surface area contributed by atoms with Gasteiger partial charge < -0.3 is 16.0 Å². The van der Waals surface area contributed by atoms with Crippen LogP contribution in [-0.2, 0) is 14.4 Å². The van der Waals surface area contributed by atoms with Crippen molar-refractivity contribution >= 4 is 45.0 Å². The summed E-state index contributed by atoms with van der Waals surface area (Å²) >= 11 is 3.29. The first-order valence-electron chi connectivity index (χ1n) is 7.15. The average Bonchev–Trinajstić information content (AvgIpc) is 2.57. The molecule has 0 aliphatic rings. The summed E-state index contributed by atoms with van der Waals surface area (Å²) in [6, 6.07) is 14.0. The molecule has 7 heteroatoms. The third-order valence-electron chi connectivity index (χ3n) is 3.05. The standard InChI is InChI=1S/C17H16BrN3O3/c1-11-2-6-14(7-3-11)21-17(24)16(23)19-10-15(22)20-13-8-4-12(18)5-9-13/h2-9H,10H2,1H3,(H,19,23)(H,20,22)(H,21,24). The van der Waals surface area contributed by atoms with Gasteiger partial charge in [0.25, 0.3) is 0 Å². The minimum Gasteiger partial charge on any atom is -0.339 e. The van der Waals surface area contributed by atoms with Gasteiger partial charge in [0, 0.05) is 15.8 Å². The van der Waals surface area contributed by atoms with E-state index in [0.717, 1.165) is 10.0 Å². The van der Waals surface area contributed by atoms with Crippen LogP contribution in [0.2, 0.25) is 0 Å². The molecule has 3 N–H and O–H groups in total. The molecule has 0 saturated carbocycles. The molecular formula is C17H16BrN3O3. The summed E-state index contributed by atoms with van der Waals surface area (Å²) in [6.45, 7) is 1.62. The number of amides is 3. The molecule has 0 aromatic heterocycles. The van der Waals surface area contributed by atoms with E-state index >= 15 is 0 Å². The number of rotatable bonds is 4. The van der Waals surface area contributed by atoms with Crippen molar-refractivity contribution in [3.8, 4) is 0 Å². The van der Waals surface area contributed by atoms with Crippen molar-refractivity contribution in [1.29, 1.82) is 0 Å². The lowest BCUT2D eigenvalue weighted by Crippen LogP contribution is -2.39. The number of carbonyl (C=O) groups is 3. The number of halogens is 1. The molecule has 0 radical (unpaired) electrons. The van der Waals surface area contributed by atoms with Crippen LogP contribution in [0.3, 0.4) is 0 Å².